The van der Waals surface area contributed by atoms with Crippen molar-refractivity contribution < 1.29 is 0 Å². The molecule has 3 aromatic carbocycles. The molecule has 146 valence electrons. The molecule has 0 N–H and O–H groups in total. The van der Waals surface area contributed by atoms with Gasteiger partial charge in [-0.25, -0.2) is 0 Å². The molecule has 0 aliphatic carbocycles. The van der Waals surface area contributed by atoms with Gasteiger partial charge < -0.3 is 0 Å². The van der Waals surface area contributed by atoms with Crippen molar-refractivity contribution in [2.24, 2.45) is 0 Å². The quantitative estimate of drug-likeness (QED) is 0.380. The second kappa shape index (κ2) is 8.09. The van der Waals surface area contributed by atoms with E-state index in [9.17, 15) is 0 Å². The van der Waals surface area contributed by atoms with E-state index in [2.05, 4.69) is 99.5 Å². The van der Waals surface area contributed by atoms with Gasteiger partial charge in [0.05, 0.1) is 0 Å². The minimum absolute atomic E-state index is 0.269. The third kappa shape index (κ3) is 4.03. The van der Waals surface area contributed by atoms with Gasteiger partial charge in [-0.05, 0) is 61.1 Å². The molecule has 29 heavy (non-hydrogen) atoms. The van der Waals surface area contributed by atoms with Crippen LogP contribution in [0.2, 0.25) is 0 Å². The summed E-state index contributed by atoms with van der Waals surface area (Å²) >= 11 is 0. The first kappa shape index (κ1) is 20.6. The van der Waals surface area contributed by atoms with Crippen molar-refractivity contribution in [2.45, 2.75) is 33.1 Å². The molecule has 0 heterocycles. The minimum atomic E-state index is -0.269. The smallest absolute Gasteiger partial charge is 0.0423 e. The number of hydrogen-bond donors (Lipinski definition) is 0. The molecule has 3 rings (SSSR count). The average molecular weight is 379 g/mol. The van der Waals surface area contributed by atoms with Gasteiger partial charge in [-0.2, -0.15) is 0 Å². The van der Waals surface area contributed by atoms with Crippen LogP contribution >= 0.6 is 0 Å². The van der Waals surface area contributed by atoms with E-state index in [-0.39, 0.29) is 5.41 Å². The fourth-order valence-electron chi connectivity index (χ4n) is 3.76. The predicted octanol–water partition coefficient (Wildman–Crippen LogP) is 8.14. The zero-order valence-electron chi connectivity index (χ0n) is 18.0. The highest BCUT2D eigenvalue weighted by atomic mass is 14.3. The molecule has 0 bridgehead atoms. The summed E-state index contributed by atoms with van der Waals surface area (Å²) in [6, 6.07) is 26.4. The maximum absolute atomic E-state index is 4.07. The standard InChI is InChI=1S/C29H30/c1-20(2)23-8-14-26(15-9-23)29(7,27-16-10-24(11-17-27)21(3)4)28-18-12-25(13-19-28)22(5)6/h8-19H,1,3,5H2,2,4,6-7H3. The second-order valence-corrected chi connectivity index (χ2v) is 8.20. The molecular weight excluding hydrogens is 348 g/mol. The van der Waals surface area contributed by atoms with Gasteiger partial charge >= 0.3 is 0 Å². The summed E-state index contributed by atoms with van der Waals surface area (Å²) in [5, 5.41) is 0. The Morgan fingerprint density at radius 2 is 0.690 bits per heavy atom. The van der Waals surface area contributed by atoms with Crippen LogP contribution in [0.5, 0.6) is 0 Å². The van der Waals surface area contributed by atoms with Crippen molar-refractivity contribution in [3.8, 4) is 0 Å². The highest BCUT2D eigenvalue weighted by molar-refractivity contribution is 5.65. The fourth-order valence-corrected chi connectivity index (χ4v) is 3.76. The van der Waals surface area contributed by atoms with E-state index in [1.165, 1.54) is 33.4 Å². The molecule has 3 aromatic rings. The van der Waals surface area contributed by atoms with Gasteiger partial charge in [-0.15, -0.1) is 0 Å². The summed E-state index contributed by atoms with van der Waals surface area (Å²) in [4.78, 5) is 0. The Kier molecular flexibility index (Phi) is 5.75. The first-order valence-electron chi connectivity index (χ1n) is 10.0. The summed E-state index contributed by atoms with van der Waals surface area (Å²) in [5.74, 6) is 0. The molecule has 0 atom stereocenters. The monoisotopic (exact) mass is 378 g/mol. The lowest BCUT2D eigenvalue weighted by Gasteiger charge is -2.32. The summed E-state index contributed by atoms with van der Waals surface area (Å²) in [7, 11) is 0. The second-order valence-electron chi connectivity index (χ2n) is 8.20. The lowest BCUT2D eigenvalue weighted by molar-refractivity contribution is 0.692. The van der Waals surface area contributed by atoms with E-state index in [1.54, 1.807) is 0 Å². The van der Waals surface area contributed by atoms with Crippen LogP contribution in [0, 0.1) is 0 Å². The van der Waals surface area contributed by atoms with Crippen LogP contribution in [0.15, 0.2) is 92.5 Å². The van der Waals surface area contributed by atoms with Gasteiger partial charge in [0.2, 0.25) is 0 Å². The number of hydrogen-bond acceptors (Lipinski definition) is 0. The molecule has 0 saturated carbocycles. The summed E-state index contributed by atoms with van der Waals surface area (Å²) in [6.45, 7) is 20.6. The Morgan fingerprint density at radius 1 is 0.483 bits per heavy atom. The van der Waals surface area contributed by atoms with E-state index in [4.69, 9.17) is 0 Å². The van der Waals surface area contributed by atoms with Crippen LogP contribution < -0.4 is 0 Å². The zero-order valence-corrected chi connectivity index (χ0v) is 18.0. The van der Waals surface area contributed by atoms with Gasteiger partial charge in [0.25, 0.3) is 0 Å². The predicted molar refractivity (Wildman–Crippen MR) is 129 cm³/mol. The Hall–Kier alpha value is -3.12. The number of rotatable bonds is 6. The SMILES string of the molecule is C=C(C)c1ccc(C(C)(c2ccc(C(=C)C)cc2)c2ccc(C(=C)C)cc2)cc1. The van der Waals surface area contributed by atoms with Gasteiger partial charge in [-0.3, -0.25) is 0 Å². The van der Waals surface area contributed by atoms with E-state index in [1.807, 2.05) is 20.8 Å². The van der Waals surface area contributed by atoms with Gasteiger partial charge in [0.1, 0.15) is 0 Å². The maximum atomic E-state index is 4.07. The lowest BCUT2D eigenvalue weighted by atomic mass is 9.70. The van der Waals surface area contributed by atoms with E-state index < -0.39 is 0 Å². The Balaban J connectivity index is 2.18. The van der Waals surface area contributed by atoms with Crippen molar-refractivity contribution in [1.29, 1.82) is 0 Å². The normalized spacial score (nSPS) is 11.2. The Labute approximate surface area is 175 Å². The topological polar surface area (TPSA) is 0 Å². The molecule has 0 spiro atoms. The minimum Gasteiger partial charge on any atom is -0.0955 e. The van der Waals surface area contributed by atoms with Gasteiger partial charge in [0.15, 0.2) is 0 Å². The highest BCUT2D eigenvalue weighted by Crippen LogP contribution is 2.40. The molecule has 0 aliphatic rings. The summed E-state index contributed by atoms with van der Waals surface area (Å²) < 4.78 is 0. The van der Waals surface area contributed by atoms with Crippen LogP contribution in [-0.2, 0) is 5.41 Å². The third-order valence-electron chi connectivity index (χ3n) is 5.87. The van der Waals surface area contributed by atoms with E-state index >= 15 is 0 Å². The molecule has 0 aromatic heterocycles. The van der Waals surface area contributed by atoms with Crippen molar-refractivity contribution in [1.82, 2.24) is 0 Å². The van der Waals surface area contributed by atoms with Crippen LogP contribution in [0.3, 0.4) is 0 Å². The van der Waals surface area contributed by atoms with Crippen LogP contribution in [0.1, 0.15) is 61.1 Å². The van der Waals surface area contributed by atoms with Crippen LogP contribution in [-0.4, -0.2) is 0 Å². The maximum Gasteiger partial charge on any atom is 0.0423 e. The molecule has 0 nitrogen and oxygen atoms in total. The van der Waals surface area contributed by atoms with Crippen LogP contribution in [0.25, 0.3) is 16.7 Å². The molecule has 0 fully saturated rings. The first-order chi connectivity index (χ1) is 13.7. The molecular formula is C29H30. The third-order valence-corrected chi connectivity index (χ3v) is 5.87. The van der Waals surface area contributed by atoms with Crippen molar-refractivity contribution in [3.63, 3.8) is 0 Å². The number of benzene rings is 3. The van der Waals surface area contributed by atoms with Gasteiger partial charge in [0, 0.05) is 5.41 Å². The molecule has 0 unspecified atom stereocenters. The van der Waals surface area contributed by atoms with Crippen molar-refractivity contribution in [3.05, 3.63) is 126 Å². The van der Waals surface area contributed by atoms with Crippen molar-refractivity contribution in [2.75, 3.05) is 0 Å². The van der Waals surface area contributed by atoms with Crippen molar-refractivity contribution >= 4 is 16.7 Å². The van der Waals surface area contributed by atoms with E-state index in [0.29, 0.717) is 0 Å². The molecule has 0 saturated heterocycles. The average Bonchev–Trinajstić information content (AvgIpc) is 2.73. The molecule has 0 radical (unpaired) electrons. The molecule has 0 amide bonds. The fraction of sp³-hybridized carbons (Fsp3) is 0.172. The van der Waals surface area contributed by atoms with E-state index in [0.717, 1.165) is 16.7 Å². The summed E-state index contributed by atoms with van der Waals surface area (Å²) in [6.07, 6.45) is 0. The summed E-state index contributed by atoms with van der Waals surface area (Å²) in [5.41, 5.74) is 10.3. The first-order valence-corrected chi connectivity index (χ1v) is 10.0. The zero-order chi connectivity index (χ0) is 21.2. The Bertz CT molecular complexity index is 903. The Morgan fingerprint density at radius 3 is 0.862 bits per heavy atom. The van der Waals surface area contributed by atoms with Crippen LogP contribution in [0.4, 0.5) is 0 Å². The number of allylic oxidation sites excluding steroid dienone is 3. The largest absolute Gasteiger partial charge is 0.0955 e. The highest BCUT2D eigenvalue weighted by Gasteiger charge is 2.31. The van der Waals surface area contributed by atoms with Gasteiger partial charge in [-0.1, -0.05) is 109 Å². The molecule has 0 aliphatic heterocycles. The lowest BCUT2D eigenvalue weighted by Crippen LogP contribution is -2.25. The molecule has 0 heteroatoms.